The number of likely N-dealkylation sites (N-methyl/N-ethyl adjacent to an activating group) is 1. The Hall–Kier alpha value is -3.72. The van der Waals surface area contributed by atoms with E-state index in [9.17, 15) is 8.78 Å². The van der Waals surface area contributed by atoms with Crippen molar-refractivity contribution in [2.24, 2.45) is 4.99 Å². The van der Waals surface area contributed by atoms with Crippen molar-refractivity contribution in [3.63, 3.8) is 0 Å². The quantitative estimate of drug-likeness (QED) is 0.277. The Morgan fingerprint density at radius 3 is 2.56 bits per heavy atom. The van der Waals surface area contributed by atoms with Crippen molar-refractivity contribution in [1.82, 2.24) is 20.2 Å². The summed E-state index contributed by atoms with van der Waals surface area (Å²) in [6, 6.07) is 19.3. The number of anilines is 2. The van der Waals surface area contributed by atoms with Crippen LogP contribution in [-0.2, 0) is 13.1 Å². The molecular weight excluding hydrogens is 542 g/mol. The first-order valence-corrected chi connectivity index (χ1v) is 14.3. The summed E-state index contributed by atoms with van der Waals surface area (Å²) in [5, 5.41) is 7.24. The molecule has 4 heterocycles. The number of hydrogen-bond donors (Lipinski definition) is 2. The van der Waals surface area contributed by atoms with Gasteiger partial charge in [0.05, 0.1) is 23.5 Å². The molecule has 3 aliphatic rings. The third-order valence-corrected chi connectivity index (χ3v) is 8.83. The molecule has 0 saturated carbocycles. The van der Waals surface area contributed by atoms with E-state index in [0.29, 0.717) is 45.9 Å². The molecule has 2 fully saturated rings. The molecule has 3 atom stereocenters. The molecule has 0 radical (unpaired) electrons. The number of hydrogen-bond acceptors (Lipinski definition) is 6. The van der Waals surface area contributed by atoms with Gasteiger partial charge in [-0.3, -0.25) is 9.89 Å². The van der Waals surface area contributed by atoms with E-state index in [1.54, 1.807) is 18.3 Å². The lowest BCUT2D eigenvalue weighted by Crippen LogP contribution is -2.38. The van der Waals surface area contributed by atoms with Gasteiger partial charge in [0.25, 0.3) is 0 Å². The summed E-state index contributed by atoms with van der Waals surface area (Å²) < 4.78 is 29.6. The highest BCUT2D eigenvalue weighted by molar-refractivity contribution is 6.31. The van der Waals surface area contributed by atoms with Gasteiger partial charge in [-0.05, 0) is 68.3 Å². The molecule has 0 amide bonds. The van der Waals surface area contributed by atoms with Crippen LogP contribution in [0.1, 0.15) is 41.5 Å². The van der Waals surface area contributed by atoms with Crippen LogP contribution in [0.3, 0.4) is 0 Å². The maximum Gasteiger partial charge on any atom is 0.227 e. The lowest BCUT2D eigenvalue weighted by molar-refractivity contribution is 0.235. The molecule has 3 aliphatic heterocycles. The second kappa shape index (κ2) is 10.6. The van der Waals surface area contributed by atoms with E-state index < -0.39 is 11.6 Å². The fourth-order valence-corrected chi connectivity index (χ4v) is 6.79. The lowest BCUT2D eigenvalue weighted by atomic mass is 9.95. The van der Waals surface area contributed by atoms with Crippen LogP contribution in [0.5, 0.6) is 0 Å². The SMILES string of the molecule is CNC1CC2CCC1N2Cc1ccc(Nc2ncc3c(n2)-c2ccc(Cl)cc2C(c2c(F)cccc2F)=NC3)cc1. The van der Waals surface area contributed by atoms with Crippen molar-refractivity contribution in [3.05, 3.63) is 106 Å². The minimum Gasteiger partial charge on any atom is -0.324 e. The molecule has 1 aromatic heterocycles. The number of nitrogens with one attached hydrogen (secondary N) is 2. The van der Waals surface area contributed by atoms with Crippen LogP contribution >= 0.6 is 11.6 Å². The maximum absolute atomic E-state index is 14.8. The Morgan fingerprint density at radius 2 is 1.80 bits per heavy atom. The van der Waals surface area contributed by atoms with Crippen LogP contribution in [0.2, 0.25) is 5.02 Å². The summed E-state index contributed by atoms with van der Waals surface area (Å²) in [4.78, 5) is 16.6. The minimum absolute atomic E-state index is 0.173. The largest absolute Gasteiger partial charge is 0.324 e. The standard InChI is InChI=1S/C32H29ClF2N6/c1-36-27-14-22-10-12-28(27)41(22)17-18-5-8-21(9-6-18)39-32-38-16-19-15-37-31(29-25(34)3-2-4-26(29)35)24-13-20(33)7-11-23(24)30(19)40-32/h2-9,11,13,16,22,27-28,36H,10,12,14-15,17H2,1H3,(H,38,39,40). The predicted molar refractivity (Wildman–Crippen MR) is 158 cm³/mol. The Morgan fingerprint density at radius 1 is 1.00 bits per heavy atom. The van der Waals surface area contributed by atoms with Crippen LogP contribution in [0.4, 0.5) is 20.4 Å². The highest BCUT2D eigenvalue weighted by Crippen LogP contribution is 2.39. The van der Waals surface area contributed by atoms with E-state index in [1.165, 1.54) is 43.0 Å². The normalized spacial score (nSPS) is 21.3. The Bertz CT molecular complexity index is 1640. The topological polar surface area (TPSA) is 65.4 Å². The number of halogens is 3. The number of benzene rings is 3. The number of nitrogens with zero attached hydrogens (tertiary/aromatic N) is 4. The van der Waals surface area contributed by atoms with Crippen molar-refractivity contribution in [3.8, 4) is 11.3 Å². The molecule has 41 heavy (non-hydrogen) atoms. The van der Waals surface area contributed by atoms with Crippen molar-refractivity contribution >= 4 is 28.9 Å². The predicted octanol–water partition coefficient (Wildman–Crippen LogP) is 6.49. The molecule has 3 unspecified atom stereocenters. The smallest absolute Gasteiger partial charge is 0.227 e. The maximum atomic E-state index is 14.8. The Kier molecular flexibility index (Phi) is 6.77. The summed E-state index contributed by atoms with van der Waals surface area (Å²) in [6.07, 6.45) is 5.49. The van der Waals surface area contributed by atoms with Crippen LogP contribution in [0.15, 0.2) is 71.9 Å². The van der Waals surface area contributed by atoms with Gasteiger partial charge in [0.2, 0.25) is 5.95 Å². The van der Waals surface area contributed by atoms with Crippen LogP contribution < -0.4 is 10.6 Å². The number of aliphatic imine (C=N–C) groups is 1. The molecule has 9 heteroatoms. The third kappa shape index (κ3) is 4.80. The van der Waals surface area contributed by atoms with E-state index >= 15 is 0 Å². The first-order chi connectivity index (χ1) is 20.0. The molecule has 2 bridgehead atoms. The Labute approximate surface area is 242 Å². The van der Waals surface area contributed by atoms with Gasteiger partial charge in [0.1, 0.15) is 11.6 Å². The summed E-state index contributed by atoms with van der Waals surface area (Å²) in [7, 11) is 2.07. The zero-order valence-corrected chi connectivity index (χ0v) is 23.3. The van der Waals surface area contributed by atoms with Gasteiger partial charge >= 0.3 is 0 Å². The first kappa shape index (κ1) is 26.2. The summed E-state index contributed by atoms with van der Waals surface area (Å²) >= 11 is 6.33. The van der Waals surface area contributed by atoms with Gasteiger partial charge in [0.15, 0.2) is 0 Å². The lowest BCUT2D eigenvalue weighted by Gasteiger charge is -2.24. The molecule has 6 nitrogen and oxygen atoms in total. The highest BCUT2D eigenvalue weighted by atomic mass is 35.5. The van der Waals surface area contributed by atoms with Gasteiger partial charge in [-0.25, -0.2) is 18.7 Å². The molecule has 2 N–H and O–H groups in total. The van der Waals surface area contributed by atoms with Gasteiger partial charge in [-0.1, -0.05) is 35.9 Å². The second-order valence-corrected chi connectivity index (χ2v) is 11.4. The average molecular weight is 571 g/mol. The molecule has 0 spiro atoms. The van der Waals surface area contributed by atoms with Crippen molar-refractivity contribution in [2.45, 2.75) is 50.5 Å². The van der Waals surface area contributed by atoms with Crippen molar-refractivity contribution in [1.29, 1.82) is 0 Å². The number of aromatic nitrogens is 2. The van der Waals surface area contributed by atoms with E-state index in [-0.39, 0.29) is 17.8 Å². The summed E-state index contributed by atoms with van der Waals surface area (Å²) in [5.74, 6) is -0.944. The third-order valence-electron chi connectivity index (χ3n) is 8.59. The Balaban J connectivity index is 1.15. The van der Waals surface area contributed by atoms with Gasteiger partial charge in [0, 0.05) is 58.3 Å². The van der Waals surface area contributed by atoms with Gasteiger partial charge in [-0.15, -0.1) is 0 Å². The van der Waals surface area contributed by atoms with Gasteiger partial charge in [-0.2, -0.15) is 0 Å². The van der Waals surface area contributed by atoms with Crippen molar-refractivity contribution < 1.29 is 8.78 Å². The molecule has 3 aromatic carbocycles. The monoisotopic (exact) mass is 570 g/mol. The number of fused-ring (bicyclic) bond motifs is 5. The van der Waals surface area contributed by atoms with E-state index in [2.05, 4.69) is 44.7 Å². The van der Waals surface area contributed by atoms with E-state index in [4.69, 9.17) is 16.6 Å². The first-order valence-electron chi connectivity index (χ1n) is 13.9. The van der Waals surface area contributed by atoms with E-state index in [1.807, 2.05) is 18.2 Å². The fraction of sp³-hybridized carbons (Fsp3) is 0.281. The van der Waals surface area contributed by atoms with Crippen LogP contribution in [0.25, 0.3) is 11.3 Å². The highest BCUT2D eigenvalue weighted by Gasteiger charge is 2.45. The van der Waals surface area contributed by atoms with Crippen LogP contribution in [0, 0.1) is 11.6 Å². The molecule has 208 valence electrons. The zero-order chi connectivity index (χ0) is 28.1. The van der Waals surface area contributed by atoms with Crippen LogP contribution in [-0.4, -0.2) is 45.8 Å². The van der Waals surface area contributed by atoms with E-state index in [0.717, 1.165) is 17.8 Å². The molecule has 2 saturated heterocycles. The van der Waals surface area contributed by atoms with Crippen molar-refractivity contribution in [2.75, 3.05) is 12.4 Å². The second-order valence-electron chi connectivity index (χ2n) is 10.9. The fourth-order valence-electron chi connectivity index (χ4n) is 6.61. The zero-order valence-electron chi connectivity index (χ0n) is 22.5. The number of rotatable bonds is 6. The summed E-state index contributed by atoms with van der Waals surface area (Å²) in [5.41, 5.74) is 4.78. The molecule has 0 aliphatic carbocycles. The van der Waals surface area contributed by atoms with Gasteiger partial charge < -0.3 is 10.6 Å². The molecule has 4 aromatic rings. The summed E-state index contributed by atoms with van der Waals surface area (Å²) in [6.45, 7) is 1.13. The molecular formula is C32H29ClF2N6. The average Bonchev–Trinajstić information content (AvgIpc) is 3.47. The molecule has 7 rings (SSSR count). The minimum atomic E-state index is -0.684.